The normalized spacial score (nSPS) is 20.4. The molecule has 4 aliphatic rings. The molecule has 0 bridgehead atoms. The van der Waals surface area contributed by atoms with E-state index < -0.39 is 58.7 Å². The summed E-state index contributed by atoms with van der Waals surface area (Å²) < 4.78 is 34.0. The van der Waals surface area contributed by atoms with Gasteiger partial charge < -0.3 is 49.6 Å². The van der Waals surface area contributed by atoms with Crippen LogP contribution in [0, 0.1) is 5.82 Å². The lowest BCUT2D eigenvalue weighted by atomic mass is 9.93. The maximum atomic E-state index is 15.8. The van der Waals surface area contributed by atoms with Crippen LogP contribution in [0.3, 0.4) is 0 Å². The number of nitrogens with one attached hydrogen (secondary N) is 1. The second-order valence-electron chi connectivity index (χ2n) is 14.5. The highest BCUT2D eigenvalue weighted by Crippen LogP contribution is 2.41. The zero-order valence-corrected chi connectivity index (χ0v) is 34.0. The molecule has 7 rings (SSSR count). The van der Waals surface area contributed by atoms with Gasteiger partial charge in [-0.25, -0.2) is 19.0 Å². The molecule has 314 valence electrons. The Morgan fingerprint density at radius 2 is 1.92 bits per heavy atom. The monoisotopic (exact) mass is 855 g/mol. The van der Waals surface area contributed by atoms with Crippen LogP contribution in [0.5, 0.6) is 0 Å². The molecule has 1 aromatic carbocycles. The van der Waals surface area contributed by atoms with Crippen molar-refractivity contribution in [2.45, 2.75) is 69.5 Å². The number of esters is 3. The van der Waals surface area contributed by atoms with Crippen LogP contribution >= 0.6 is 23.1 Å². The molecule has 0 spiro atoms. The van der Waals surface area contributed by atoms with Crippen molar-refractivity contribution in [3.8, 4) is 0 Å². The summed E-state index contributed by atoms with van der Waals surface area (Å²) in [5, 5.41) is 17.8. The molecule has 2 saturated heterocycles. The van der Waals surface area contributed by atoms with Gasteiger partial charge in [0.25, 0.3) is 5.91 Å². The van der Waals surface area contributed by atoms with Gasteiger partial charge in [-0.3, -0.25) is 19.2 Å². The van der Waals surface area contributed by atoms with Crippen LogP contribution in [0.4, 0.5) is 15.2 Å². The quantitative estimate of drug-likeness (QED) is 0.0970. The molecule has 3 atom stereocenters. The zero-order chi connectivity index (χ0) is 42.1. The molecule has 4 N–H and O–H groups in total. The van der Waals surface area contributed by atoms with E-state index >= 15 is 4.39 Å². The molecule has 1 amide bonds. The Balaban J connectivity index is 0.940. The van der Waals surface area contributed by atoms with E-state index in [2.05, 4.69) is 15.5 Å². The minimum atomic E-state index is -1.36. The number of halogens is 1. The van der Waals surface area contributed by atoms with Crippen molar-refractivity contribution in [1.82, 2.24) is 19.8 Å². The number of thioether (sulfide) groups is 1. The first kappa shape index (κ1) is 41.5. The lowest BCUT2D eigenvalue weighted by Crippen LogP contribution is -2.67. The number of fused-ring (bicyclic) bond motifs is 1. The van der Waals surface area contributed by atoms with Crippen LogP contribution in [-0.2, 0) is 44.6 Å². The Kier molecular flexibility index (Phi) is 12.1. The number of nitrogen functional groups attached to an aromatic ring is 1. The maximum absolute atomic E-state index is 15.8. The predicted octanol–water partition coefficient (Wildman–Crippen LogP) is 2.57. The molecule has 18 nitrogen and oxygen atoms in total. The third kappa shape index (κ3) is 8.43. The van der Waals surface area contributed by atoms with Crippen LogP contribution in [-0.4, -0.2) is 118 Å². The Morgan fingerprint density at radius 3 is 2.59 bits per heavy atom. The molecule has 0 aliphatic carbocycles. The summed E-state index contributed by atoms with van der Waals surface area (Å²) in [6, 6.07) is 0.643. The van der Waals surface area contributed by atoms with Crippen molar-refractivity contribution < 1.29 is 52.5 Å². The Hall–Kier alpha value is -5.70. The predicted molar refractivity (Wildman–Crippen MR) is 214 cm³/mol. The molecule has 2 aromatic heterocycles. The van der Waals surface area contributed by atoms with E-state index in [9.17, 15) is 33.9 Å². The molecule has 1 unspecified atom stereocenters. The van der Waals surface area contributed by atoms with E-state index in [0.717, 1.165) is 17.4 Å². The van der Waals surface area contributed by atoms with Crippen molar-refractivity contribution in [2.24, 2.45) is 5.16 Å². The minimum absolute atomic E-state index is 0.0381. The number of pyridine rings is 1. The minimum Gasteiger partial charge on any atom is -0.477 e. The van der Waals surface area contributed by atoms with Crippen LogP contribution in [0.1, 0.15) is 67.2 Å². The summed E-state index contributed by atoms with van der Waals surface area (Å²) in [5.41, 5.74) is 7.07. The first-order valence-electron chi connectivity index (χ1n) is 18.9. The molecule has 21 heteroatoms. The smallest absolute Gasteiger partial charge is 0.354 e. The van der Waals surface area contributed by atoms with Crippen molar-refractivity contribution in [1.29, 1.82) is 0 Å². The van der Waals surface area contributed by atoms with Gasteiger partial charge in [0.05, 0.1) is 29.0 Å². The molecule has 6 heterocycles. The van der Waals surface area contributed by atoms with Crippen LogP contribution in [0.2, 0.25) is 0 Å². The van der Waals surface area contributed by atoms with Crippen LogP contribution in [0.25, 0.3) is 10.9 Å². The second-order valence-corrected chi connectivity index (χ2v) is 16.5. The third-order valence-corrected chi connectivity index (χ3v) is 12.8. The number of aromatic carboxylic acids is 1. The van der Waals surface area contributed by atoms with Gasteiger partial charge in [0.1, 0.15) is 49.2 Å². The number of amides is 1. The van der Waals surface area contributed by atoms with E-state index in [1.165, 1.54) is 32.0 Å². The number of nitrogens with two attached hydrogens (primary N) is 1. The van der Waals surface area contributed by atoms with Gasteiger partial charge in [0, 0.05) is 79.3 Å². The highest BCUT2D eigenvalue weighted by Gasteiger charge is 2.47. The Labute approximate surface area is 344 Å². The molecule has 4 aliphatic heterocycles. The Morgan fingerprint density at radius 1 is 1.15 bits per heavy atom. The van der Waals surface area contributed by atoms with Gasteiger partial charge in [0.15, 0.2) is 10.8 Å². The van der Waals surface area contributed by atoms with E-state index in [4.69, 9.17) is 24.8 Å². The number of anilines is 2. The van der Waals surface area contributed by atoms with Gasteiger partial charge >= 0.3 is 23.9 Å². The number of aryl methyl sites for hydroxylation is 1. The first-order valence-corrected chi connectivity index (χ1v) is 20.8. The number of rotatable bonds is 13. The average Bonchev–Trinajstić information content (AvgIpc) is 3.62. The standard InChI is InChI=1S/C38H42FN7O11S2/c1-18-4-5-22-31-23(33(49)24(36(51)52)13-45(18)31)12-25(39)32(22)44-9-6-21(7-10-44)57-28(48)8-11-55-37(53)30-20(15-56-19(2)47)16-58-35-26(14-46(30)35)41-34(50)29(43-54-3)27-17-59-38(40)42-27/h12-13,17-18,21,26,35H,4-11,14-16H2,1-3H3,(H2,40,42)(H,41,50)(H,51,52)/b43-29-/t18?,26-,35-/m0/s1. The third-order valence-electron chi connectivity index (χ3n) is 10.7. The molecular formula is C38H42FN7O11S2. The number of carboxylic acid groups (broad SMARTS) is 1. The van der Waals surface area contributed by atoms with Crippen molar-refractivity contribution in [3.05, 3.63) is 61.8 Å². The molecule has 0 radical (unpaired) electrons. The van der Waals surface area contributed by atoms with Crippen molar-refractivity contribution in [3.63, 3.8) is 0 Å². The fourth-order valence-electron chi connectivity index (χ4n) is 7.84. The summed E-state index contributed by atoms with van der Waals surface area (Å²) in [6.45, 7) is 3.72. The number of thiazole rings is 1. The van der Waals surface area contributed by atoms with E-state index in [1.54, 1.807) is 14.8 Å². The van der Waals surface area contributed by atoms with Crippen molar-refractivity contribution >= 4 is 80.3 Å². The number of carboxylic acids is 1. The molecule has 0 saturated carbocycles. The number of oxime groups is 1. The van der Waals surface area contributed by atoms with Gasteiger partial charge in [0.2, 0.25) is 5.43 Å². The van der Waals surface area contributed by atoms with Gasteiger partial charge in [-0.2, -0.15) is 0 Å². The highest BCUT2D eigenvalue weighted by molar-refractivity contribution is 8.00. The van der Waals surface area contributed by atoms with Crippen LogP contribution in [0.15, 0.2) is 38.9 Å². The number of aromatic nitrogens is 2. The van der Waals surface area contributed by atoms with Crippen LogP contribution < -0.4 is 21.4 Å². The maximum Gasteiger partial charge on any atom is 0.354 e. The molecular weight excluding hydrogens is 814 g/mol. The topological polar surface area (TPSA) is 234 Å². The number of benzene rings is 1. The number of carbonyl (C=O) groups excluding carboxylic acids is 4. The van der Waals surface area contributed by atoms with Gasteiger partial charge in [-0.15, -0.1) is 23.1 Å². The average molecular weight is 856 g/mol. The van der Waals surface area contributed by atoms with Gasteiger partial charge in [-0.1, -0.05) is 5.16 Å². The molecule has 59 heavy (non-hydrogen) atoms. The lowest BCUT2D eigenvalue weighted by molar-refractivity contribution is -0.153. The first-order chi connectivity index (χ1) is 28.2. The lowest BCUT2D eigenvalue weighted by Gasteiger charge is -2.52. The number of carbonyl (C=O) groups is 5. The number of hydrogen-bond donors (Lipinski definition) is 3. The molecule has 2 fully saturated rings. The summed E-state index contributed by atoms with van der Waals surface area (Å²) in [4.78, 5) is 88.6. The van der Waals surface area contributed by atoms with Gasteiger partial charge in [-0.05, 0) is 25.8 Å². The summed E-state index contributed by atoms with van der Waals surface area (Å²) in [6.07, 6.45) is 2.60. The largest absolute Gasteiger partial charge is 0.477 e. The number of nitrogens with zero attached hydrogens (tertiary/aromatic N) is 5. The summed E-state index contributed by atoms with van der Waals surface area (Å²) in [5.74, 6) is -4.03. The second kappa shape index (κ2) is 17.3. The number of piperidine rings is 1. The molecule has 3 aromatic rings. The van der Waals surface area contributed by atoms with E-state index in [-0.39, 0.29) is 65.2 Å². The summed E-state index contributed by atoms with van der Waals surface area (Å²) >= 11 is 2.59. The number of ether oxygens (including phenoxy) is 3. The number of hydrogen-bond acceptors (Lipinski definition) is 17. The summed E-state index contributed by atoms with van der Waals surface area (Å²) in [7, 11) is 1.30. The zero-order valence-electron chi connectivity index (χ0n) is 32.4. The SMILES string of the molecule is CO/N=C(\C(=O)N[C@H]1CN2C(C(=O)OCCC(=O)OC3CCN(c4c(F)cc5c(=O)c(C(=O)O)cn6c5c4CCC6C)CC3)=C(COC(C)=O)CS[C@@H]12)c1csc(N)n1. The highest BCUT2D eigenvalue weighted by atomic mass is 32.2. The van der Waals surface area contributed by atoms with E-state index in [0.29, 0.717) is 66.9 Å². The fourth-order valence-corrected chi connectivity index (χ4v) is 9.74. The van der Waals surface area contributed by atoms with Crippen molar-refractivity contribution in [2.75, 3.05) is 56.3 Å². The van der Waals surface area contributed by atoms with E-state index in [1.807, 2.05) is 11.8 Å². The Bertz CT molecular complexity index is 2340. The fraction of sp³-hybridized carbons (Fsp3) is 0.474.